The number of benzene rings is 3. The van der Waals surface area contributed by atoms with Crippen LogP contribution < -0.4 is 0 Å². The van der Waals surface area contributed by atoms with Gasteiger partial charge in [-0.2, -0.15) is 21.0 Å². The molecule has 0 spiro atoms. The van der Waals surface area contributed by atoms with E-state index in [0.717, 1.165) is 65.4 Å². The lowest BCUT2D eigenvalue weighted by atomic mass is 9.93. The van der Waals surface area contributed by atoms with Gasteiger partial charge in [-0.1, -0.05) is 36.4 Å². The Morgan fingerprint density at radius 1 is 0.450 bits per heavy atom. The van der Waals surface area contributed by atoms with Gasteiger partial charge in [0.25, 0.3) is 0 Å². The summed E-state index contributed by atoms with van der Waals surface area (Å²) in [5.41, 5.74) is 10.3. The molecule has 40 heavy (non-hydrogen) atoms. The summed E-state index contributed by atoms with van der Waals surface area (Å²) in [6.07, 6.45) is 0. The molecule has 0 fully saturated rings. The summed E-state index contributed by atoms with van der Waals surface area (Å²) in [5.74, 6) is 0. The molecule has 0 N–H and O–H groups in total. The molecule has 3 aromatic carbocycles. The maximum atomic E-state index is 9.93. The van der Waals surface area contributed by atoms with Crippen molar-refractivity contribution in [1.82, 2.24) is 0 Å². The minimum atomic E-state index is 0.0556. The molecule has 0 amide bonds. The number of thiophene rings is 2. The van der Waals surface area contributed by atoms with Crippen LogP contribution >= 0.6 is 22.7 Å². The van der Waals surface area contributed by atoms with Crippen LogP contribution in [0.2, 0.25) is 0 Å². The van der Waals surface area contributed by atoms with Crippen LogP contribution in [-0.4, -0.2) is 0 Å². The Bertz CT molecular complexity index is 1950. The van der Waals surface area contributed by atoms with Crippen LogP contribution in [0.15, 0.2) is 94.7 Å². The van der Waals surface area contributed by atoms with Gasteiger partial charge in [0, 0.05) is 20.9 Å². The Labute approximate surface area is 238 Å². The predicted molar refractivity (Wildman–Crippen MR) is 158 cm³/mol. The summed E-state index contributed by atoms with van der Waals surface area (Å²) in [5, 5.41) is 43.8. The van der Waals surface area contributed by atoms with Gasteiger partial charge >= 0.3 is 0 Å². The summed E-state index contributed by atoms with van der Waals surface area (Å²) >= 11 is 3.26. The molecule has 2 heterocycles. The van der Waals surface area contributed by atoms with E-state index in [0.29, 0.717) is 11.1 Å². The fourth-order valence-electron chi connectivity index (χ4n) is 5.73. The number of nitriles is 4. The molecule has 5 aromatic rings. The average molecular weight is 543 g/mol. The lowest BCUT2D eigenvalue weighted by Gasteiger charge is -2.08. The van der Waals surface area contributed by atoms with Crippen molar-refractivity contribution in [2.24, 2.45) is 0 Å². The van der Waals surface area contributed by atoms with Crippen molar-refractivity contribution in [3.63, 3.8) is 0 Å². The molecule has 0 radical (unpaired) electrons. The Morgan fingerprint density at radius 3 is 1.20 bits per heavy atom. The Morgan fingerprint density at radius 2 is 0.850 bits per heavy atom. The van der Waals surface area contributed by atoms with Gasteiger partial charge in [0.1, 0.15) is 35.4 Å². The van der Waals surface area contributed by atoms with Gasteiger partial charge in [-0.25, -0.2) is 0 Å². The van der Waals surface area contributed by atoms with Crippen molar-refractivity contribution in [2.75, 3.05) is 0 Å². The Hall–Kier alpha value is -5.50. The quantitative estimate of drug-likeness (QED) is 0.204. The monoisotopic (exact) mass is 542 g/mol. The zero-order valence-electron chi connectivity index (χ0n) is 20.7. The van der Waals surface area contributed by atoms with Crippen molar-refractivity contribution >= 4 is 33.8 Å². The highest BCUT2D eigenvalue weighted by atomic mass is 32.1. The summed E-state index contributed by atoms with van der Waals surface area (Å²) in [6, 6.07) is 32.8. The molecule has 0 atom stereocenters. The first kappa shape index (κ1) is 23.6. The minimum Gasteiger partial charge on any atom is -0.192 e. The molecule has 0 unspecified atom stereocenters. The second kappa shape index (κ2) is 9.06. The third-order valence-electron chi connectivity index (χ3n) is 7.41. The van der Waals surface area contributed by atoms with Crippen molar-refractivity contribution in [3.05, 3.63) is 117 Å². The van der Waals surface area contributed by atoms with Gasteiger partial charge in [-0.05, 0) is 103 Å². The van der Waals surface area contributed by atoms with Crippen molar-refractivity contribution in [3.8, 4) is 67.4 Å². The second-order valence-electron chi connectivity index (χ2n) is 9.37. The molecule has 6 heteroatoms. The topological polar surface area (TPSA) is 95.2 Å². The van der Waals surface area contributed by atoms with Crippen LogP contribution in [0.4, 0.5) is 0 Å². The van der Waals surface area contributed by atoms with Crippen molar-refractivity contribution in [1.29, 1.82) is 21.0 Å². The van der Waals surface area contributed by atoms with Crippen LogP contribution in [0.5, 0.6) is 0 Å². The third kappa shape index (κ3) is 3.32. The average Bonchev–Trinajstić information content (AvgIpc) is 3.80. The van der Waals surface area contributed by atoms with Crippen LogP contribution in [0.1, 0.15) is 22.3 Å². The fraction of sp³-hybridized carbons (Fsp3) is 0. The van der Waals surface area contributed by atoms with Crippen LogP contribution in [0, 0.1) is 45.3 Å². The first-order chi connectivity index (χ1) is 19.7. The molecule has 0 saturated heterocycles. The van der Waals surface area contributed by atoms with Gasteiger partial charge in [0.05, 0.1) is 0 Å². The number of rotatable bonds is 2. The smallest absolute Gasteiger partial charge is 0.138 e. The highest BCUT2D eigenvalue weighted by Gasteiger charge is 2.34. The van der Waals surface area contributed by atoms with Gasteiger partial charge < -0.3 is 0 Å². The summed E-state index contributed by atoms with van der Waals surface area (Å²) < 4.78 is 0. The molecule has 2 aliphatic carbocycles. The molecular formula is C34H14N4S2. The molecule has 0 aliphatic heterocycles. The number of nitrogens with zero attached hydrogens (tertiary/aromatic N) is 4. The first-order valence-corrected chi connectivity index (χ1v) is 14.1. The Balaban J connectivity index is 1.53. The highest BCUT2D eigenvalue weighted by molar-refractivity contribution is 7.13. The lowest BCUT2D eigenvalue weighted by molar-refractivity contribution is 1.45. The maximum Gasteiger partial charge on any atom is 0.138 e. The largest absolute Gasteiger partial charge is 0.192 e. The molecule has 0 saturated carbocycles. The number of allylic oxidation sites excluding steroid dienone is 2. The van der Waals surface area contributed by atoms with E-state index in [-0.39, 0.29) is 11.1 Å². The van der Waals surface area contributed by atoms with E-state index in [9.17, 15) is 21.0 Å². The van der Waals surface area contributed by atoms with E-state index in [4.69, 9.17) is 0 Å². The van der Waals surface area contributed by atoms with E-state index in [1.54, 1.807) is 22.7 Å². The van der Waals surface area contributed by atoms with E-state index in [2.05, 4.69) is 36.4 Å². The number of fused-ring (bicyclic) bond motifs is 6. The normalized spacial score (nSPS) is 11.8. The minimum absolute atomic E-state index is 0.0556. The SMILES string of the molecule is N#CC(C#N)=C1c2cc(-c3cccs3)ccc2-c2cc3c(cc21)-c1ccc(-c2cccs2)cc1C3=C(C#N)C#N. The van der Waals surface area contributed by atoms with Crippen LogP contribution in [0.25, 0.3) is 54.3 Å². The zero-order chi connectivity index (χ0) is 27.4. The van der Waals surface area contributed by atoms with E-state index in [1.165, 1.54) is 0 Å². The Kier molecular flexibility index (Phi) is 5.35. The summed E-state index contributed by atoms with van der Waals surface area (Å²) in [6.45, 7) is 0. The standard InChI is InChI=1S/C34H14N4S2/c35-15-21(16-36)33-27-11-19(31-3-1-9-39-31)5-7-23(27)25-13-30-26(14-29(25)33)24-8-6-20(32-4-2-10-40-32)12-28(24)34(30)22(17-37)18-38/h1-14H. The molecule has 0 bridgehead atoms. The van der Waals surface area contributed by atoms with Gasteiger partial charge in [-0.3, -0.25) is 0 Å². The van der Waals surface area contributed by atoms with E-state index >= 15 is 0 Å². The molecule has 182 valence electrons. The first-order valence-electron chi connectivity index (χ1n) is 12.3. The number of hydrogen-bond donors (Lipinski definition) is 0. The van der Waals surface area contributed by atoms with Gasteiger partial charge in [-0.15, -0.1) is 22.7 Å². The van der Waals surface area contributed by atoms with Crippen LogP contribution in [0.3, 0.4) is 0 Å². The van der Waals surface area contributed by atoms with Crippen molar-refractivity contribution in [2.45, 2.75) is 0 Å². The van der Waals surface area contributed by atoms with Gasteiger partial charge in [0.15, 0.2) is 0 Å². The highest BCUT2D eigenvalue weighted by Crippen LogP contribution is 2.54. The molecule has 4 nitrogen and oxygen atoms in total. The summed E-state index contributed by atoms with van der Waals surface area (Å²) in [7, 11) is 0. The maximum absolute atomic E-state index is 9.93. The molecule has 7 rings (SSSR count). The van der Waals surface area contributed by atoms with Crippen LogP contribution in [-0.2, 0) is 0 Å². The number of hydrogen-bond acceptors (Lipinski definition) is 6. The van der Waals surface area contributed by atoms with E-state index < -0.39 is 0 Å². The fourth-order valence-corrected chi connectivity index (χ4v) is 7.17. The lowest BCUT2D eigenvalue weighted by Crippen LogP contribution is -1.90. The molecule has 2 aromatic heterocycles. The van der Waals surface area contributed by atoms with E-state index in [1.807, 2.05) is 71.4 Å². The molecular weight excluding hydrogens is 529 g/mol. The summed E-state index contributed by atoms with van der Waals surface area (Å²) in [4.78, 5) is 2.20. The van der Waals surface area contributed by atoms with Crippen molar-refractivity contribution < 1.29 is 0 Å². The molecule has 2 aliphatic rings. The zero-order valence-corrected chi connectivity index (χ0v) is 22.3. The second-order valence-corrected chi connectivity index (χ2v) is 11.3. The van der Waals surface area contributed by atoms with Gasteiger partial charge in [0.2, 0.25) is 0 Å². The predicted octanol–water partition coefficient (Wildman–Crippen LogP) is 8.80. The third-order valence-corrected chi connectivity index (χ3v) is 9.25.